The normalized spacial score (nSPS) is 15.6. The third kappa shape index (κ3) is 3.38. The van der Waals surface area contributed by atoms with Crippen LogP contribution in [0.2, 0.25) is 0 Å². The molecule has 0 aromatic heterocycles. The Bertz CT molecular complexity index is 435. The number of anilines is 1. The molecule has 2 rings (SSSR count). The maximum atomic E-state index is 11.4. The molecule has 1 fully saturated rings. The molecule has 96 valence electrons. The van der Waals surface area contributed by atoms with Gasteiger partial charge in [-0.25, -0.2) is 0 Å². The Morgan fingerprint density at radius 1 is 1.22 bits per heavy atom. The van der Waals surface area contributed by atoms with Gasteiger partial charge in [-0.15, -0.1) is 0 Å². The first-order chi connectivity index (χ1) is 8.65. The van der Waals surface area contributed by atoms with Crippen molar-refractivity contribution < 1.29 is 19.1 Å². The minimum Gasteiger partial charge on any atom is -0.346 e. The van der Waals surface area contributed by atoms with Gasteiger partial charge in [-0.3, -0.25) is 9.59 Å². The molecule has 5 nitrogen and oxygen atoms in total. The van der Waals surface area contributed by atoms with Crippen molar-refractivity contribution in [1.29, 1.82) is 0 Å². The van der Waals surface area contributed by atoms with E-state index in [-0.39, 0.29) is 24.4 Å². The number of amides is 1. The zero-order chi connectivity index (χ0) is 13.0. The maximum Gasteiger partial charge on any atom is 0.231 e. The molecule has 0 bridgehead atoms. The number of ether oxygens (including phenoxy) is 2. The van der Waals surface area contributed by atoms with Gasteiger partial charge in [0.15, 0.2) is 6.29 Å². The molecule has 1 aliphatic heterocycles. The van der Waals surface area contributed by atoms with E-state index >= 15 is 0 Å². The smallest absolute Gasteiger partial charge is 0.231 e. The van der Waals surface area contributed by atoms with Crippen molar-refractivity contribution in [2.24, 2.45) is 0 Å². The van der Waals surface area contributed by atoms with Gasteiger partial charge in [0.1, 0.15) is 5.78 Å². The first-order valence-corrected chi connectivity index (χ1v) is 5.77. The summed E-state index contributed by atoms with van der Waals surface area (Å²) in [5.74, 6) is -0.458. The number of hydrogen-bond donors (Lipinski definition) is 1. The number of carbonyl (C=O) groups excluding carboxylic acids is 2. The standard InChI is InChI=1S/C13H15NO4/c1-9(15)8-12(16)14-11-4-2-10(3-5-11)13-17-6-7-18-13/h2-5,13H,6-8H2,1H3,(H,14,16). The van der Waals surface area contributed by atoms with Gasteiger partial charge in [-0.05, 0) is 19.1 Å². The van der Waals surface area contributed by atoms with Gasteiger partial charge >= 0.3 is 0 Å². The second-order valence-electron chi connectivity index (χ2n) is 4.12. The van der Waals surface area contributed by atoms with Crippen LogP contribution >= 0.6 is 0 Å². The van der Waals surface area contributed by atoms with Crippen molar-refractivity contribution in [2.75, 3.05) is 18.5 Å². The maximum absolute atomic E-state index is 11.4. The van der Waals surface area contributed by atoms with Gasteiger partial charge in [0.2, 0.25) is 5.91 Å². The van der Waals surface area contributed by atoms with Gasteiger partial charge < -0.3 is 14.8 Å². The third-order valence-corrected chi connectivity index (χ3v) is 2.50. The van der Waals surface area contributed by atoms with Crippen LogP contribution in [0.4, 0.5) is 5.69 Å². The molecule has 0 spiro atoms. The van der Waals surface area contributed by atoms with Crippen LogP contribution in [0.25, 0.3) is 0 Å². The van der Waals surface area contributed by atoms with E-state index in [1.165, 1.54) is 6.92 Å². The zero-order valence-electron chi connectivity index (χ0n) is 10.1. The Hall–Kier alpha value is -1.72. The van der Waals surface area contributed by atoms with E-state index in [9.17, 15) is 9.59 Å². The average Bonchev–Trinajstić information content (AvgIpc) is 2.82. The quantitative estimate of drug-likeness (QED) is 0.824. The topological polar surface area (TPSA) is 64.6 Å². The Kier molecular flexibility index (Phi) is 4.07. The lowest BCUT2D eigenvalue weighted by Crippen LogP contribution is -2.14. The van der Waals surface area contributed by atoms with E-state index in [0.717, 1.165) is 5.56 Å². The first-order valence-electron chi connectivity index (χ1n) is 5.77. The molecule has 0 atom stereocenters. The molecule has 1 saturated heterocycles. The first kappa shape index (κ1) is 12.7. The molecule has 18 heavy (non-hydrogen) atoms. The molecule has 1 amide bonds. The van der Waals surface area contributed by atoms with Gasteiger partial charge in [-0.1, -0.05) is 12.1 Å². The molecule has 0 radical (unpaired) electrons. The minimum absolute atomic E-state index is 0.101. The Balaban J connectivity index is 1.94. The summed E-state index contributed by atoms with van der Waals surface area (Å²) in [5.41, 5.74) is 1.57. The summed E-state index contributed by atoms with van der Waals surface area (Å²) in [5, 5.41) is 2.65. The molecule has 1 aliphatic rings. The third-order valence-electron chi connectivity index (χ3n) is 2.50. The van der Waals surface area contributed by atoms with Crippen LogP contribution < -0.4 is 5.32 Å². The molecule has 1 aromatic rings. The van der Waals surface area contributed by atoms with Crippen LogP contribution in [0.5, 0.6) is 0 Å². The average molecular weight is 249 g/mol. The van der Waals surface area contributed by atoms with Gasteiger partial charge in [0.25, 0.3) is 0 Å². The fourth-order valence-corrected chi connectivity index (χ4v) is 1.71. The second kappa shape index (κ2) is 5.75. The lowest BCUT2D eigenvalue weighted by Gasteiger charge is -2.10. The fourth-order valence-electron chi connectivity index (χ4n) is 1.71. The highest BCUT2D eigenvalue weighted by Gasteiger charge is 2.17. The predicted molar refractivity (Wildman–Crippen MR) is 65.0 cm³/mol. The van der Waals surface area contributed by atoms with Gasteiger partial charge in [0, 0.05) is 11.3 Å². The zero-order valence-corrected chi connectivity index (χ0v) is 10.1. The lowest BCUT2D eigenvalue weighted by atomic mass is 10.2. The van der Waals surface area contributed by atoms with Crippen LogP contribution in [0.15, 0.2) is 24.3 Å². The van der Waals surface area contributed by atoms with Gasteiger partial charge in [0.05, 0.1) is 19.6 Å². The number of rotatable bonds is 4. The van der Waals surface area contributed by atoms with E-state index in [1.807, 2.05) is 12.1 Å². The molecular formula is C13H15NO4. The second-order valence-corrected chi connectivity index (χ2v) is 4.12. The summed E-state index contributed by atoms with van der Waals surface area (Å²) in [4.78, 5) is 22.2. The summed E-state index contributed by atoms with van der Waals surface area (Å²) in [6.45, 7) is 2.58. The van der Waals surface area contributed by atoms with Crippen molar-refractivity contribution in [2.45, 2.75) is 19.6 Å². The Morgan fingerprint density at radius 3 is 2.39 bits per heavy atom. The van der Waals surface area contributed by atoms with E-state index < -0.39 is 0 Å². The lowest BCUT2D eigenvalue weighted by molar-refractivity contribution is -0.124. The summed E-state index contributed by atoms with van der Waals surface area (Å²) >= 11 is 0. The Morgan fingerprint density at radius 2 is 1.83 bits per heavy atom. The van der Waals surface area contributed by atoms with Crippen molar-refractivity contribution >= 4 is 17.4 Å². The summed E-state index contributed by atoms with van der Waals surface area (Å²) in [7, 11) is 0. The van der Waals surface area contributed by atoms with Crippen LogP contribution in [0.3, 0.4) is 0 Å². The minimum atomic E-state index is -0.313. The number of nitrogens with one attached hydrogen (secondary N) is 1. The van der Waals surface area contributed by atoms with Gasteiger partial charge in [-0.2, -0.15) is 0 Å². The molecule has 0 aliphatic carbocycles. The number of Topliss-reactive ketones (excluding diaryl/α,β-unsaturated/α-hetero) is 1. The van der Waals surface area contributed by atoms with Crippen molar-refractivity contribution in [1.82, 2.24) is 0 Å². The fraction of sp³-hybridized carbons (Fsp3) is 0.385. The van der Waals surface area contributed by atoms with E-state index in [1.54, 1.807) is 12.1 Å². The number of benzene rings is 1. The predicted octanol–water partition coefficient (Wildman–Crippen LogP) is 1.65. The SMILES string of the molecule is CC(=O)CC(=O)Nc1ccc(C2OCCO2)cc1. The number of hydrogen-bond acceptors (Lipinski definition) is 4. The molecular weight excluding hydrogens is 234 g/mol. The summed E-state index contributed by atoms with van der Waals surface area (Å²) in [6, 6.07) is 7.19. The van der Waals surface area contributed by atoms with Crippen molar-refractivity contribution in [3.05, 3.63) is 29.8 Å². The van der Waals surface area contributed by atoms with Crippen molar-refractivity contribution in [3.63, 3.8) is 0 Å². The largest absolute Gasteiger partial charge is 0.346 e. The van der Waals surface area contributed by atoms with Crippen LogP contribution in [-0.4, -0.2) is 24.9 Å². The number of carbonyl (C=O) groups is 2. The number of ketones is 1. The van der Waals surface area contributed by atoms with E-state index in [0.29, 0.717) is 18.9 Å². The molecule has 0 saturated carbocycles. The van der Waals surface area contributed by atoms with E-state index in [4.69, 9.17) is 9.47 Å². The highest BCUT2D eigenvalue weighted by Crippen LogP contribution is 2.24. The highest BCUT2D eigenvalue weighted by atomic mass is 16.7. The summed E-state index contributed by atoms with van der Waals surface area (Å²) in [6.07, 6.45) is -0.414. The summed E-state index contributed by atoms with van der Waals surface area (Å²) < 4.78 is 10.7. The van der Waals surface area contributed by atoms with Crippen LogP contribution in [-0.2, 0) is 19.1 Å². The monoisotopic (exact) mass is 249 g/mol. The molecule has 1 N–H and O–H groups in total. The highest BCUT2D eigenvalue weighted by molar-refractivity contribution is 6.03. The van der Waals surface area contributed by atoms with E-state index in [2.05, 4.69) is 5.32 Å². The van der Waals surface area contributed by atoms with Crippen LogP contribution in [0, 0.1) is 0 Å². The van der Waals surface area contributed by atoms with Crippen LogP contribution in [0.1, 0.15) is 25.2 Å². The molecule has 5 heteroatoms. The molecule has 0 unspecified atom stereocenters. The molecule has 1 aromatic carbocycles. The van der Waals surface area contributed by atoms with Crippen molar-refractivity contribution in [3.8, 4) is 0 Å². The Labute approximate surface area is 105 Å². The molecule has 1 heterocycles.